The molecule has 1 fully saturated rings. The van der Waals surface area contributed by atoms with E-state index in [1.54, 1.807) is 6.07 Å². The molecule has 1 aromatic heterocycles. The molecule has 0 saturated carbocycles. The Morgan fingerprint density at radius 2 is 1.83 bits per heavy atom. The number of aromatic nitrogens is 3. The van der Waals surface area contributed by atoms with E-state index in [1.807, 2.05) is 4.90 Å². The minimum atomic E-state index is -3.82. The zero-order chi connectivity index (χ0) is 21.0. The van der Waals surface area contributed by atoms with Gasteiger partial charge in [0.1, 0.15) is 0 Å². The number of ether oxygens (including phenoxy) is 4. The van der Waals surface area contributed by atoms with Gasteiger partial charge in [-0.15, -0.1) is 0 Å². The van der Waals surface area contributed by atoms with E-state index in [4.69, 9.17) is 18.9 Å². The maximum atomic E-state index is 12.8. The largest absolute Gasteiger partial charge is 0.490 e. The Hall–Kier alpha value is -2.70. The Bertz CT molecular complexity index is 997. The quantitative estimate of drug-likeness (QED) is 0.677. The van der Waals surface area contributed by atoms with Crippen molar-refractivity contribution in [2.24, 2.45) is 0 Å². The van der Waals surface area contributed by atoms with Crippen molar-refractivity contribution in [3.63, 3.8) is 0 Å². The van der Waals surface area contributed by atoms with Gasteiger partial charge in [0.25, 0.3) is 0 Å². The number of rotatable bonds is 6. The fraction of sp³-hybridized carbons (Fsp3) is 0.500. The smallest absolute Gasteiger partial charge is 0.321 e. The topological polar surface area (TPSA) is 125 Å². The standard InChI is InChI=1S/C18H23N5O6S/c1-26-18-21-16(20-17(22-18)23-5-9-27-10-6-23)12-19-30(24,25)13-3-4-14-15(11-13)29-8-2-7-28-14/h3-4,11,19H,2,5-10,12H2,1H3. The molecule has 12 heteroatoms. The third-order valence-electron chi connectivity index (χ3n) is 4.58. The van der Waals surface area contributed by atoms with Crippen molar-refractivity contribution in [2.75, 3.05) is 51.5 Å². The zero-order valence-electron chi connectivity index (χ0n) is 16.5. The Labute approximate surface area is 174 Å². The first kappa shape index (κ1) is 20.6. The SMILES string of the molecule is COc1nc(CNS(=O)(=O)c2ccc3c(c2)OCCCO3)nc(N2CCOCC2)n1. The first-order chi connectivity index (χ1) is 14.5. The minimum absolute atomic E-state index is 0.0705. The first-order valence-electron chi connectivity index (χ1n) is 9.56. The van der Waals surface area contributed by atoms with E-state index < -0.39 is 10.0 Å². The summed E-state index contributed by atoms with van der Waals surface area (Å²) in [5.74, 6) is 1.62. The lowest BCUT2D eigenvalue weighted by atomic mass is 10.3. The summed E-state index contributed by atoms with van der Waals surface area (Å²) in [6.07, 6.45) is 0.738. The fourth-order valence-corrected chi connectivity index (χ4v) is 4.01. The van der Waals surface area contributed by atoms with Gasteiger partial charge in [-0.3, -0.25) is 0 Å². The molecule has 1 aromatic carbocycles. The summed E-state index contributed by atoms with van der Waals surface area (Å²) in [4.78, 5) is 14.8. The van der Waals surface area contributed by atoms with Crippen molar-refractivity contribution in [3.8, 4) is 17.5 Å². The monoisotopic (exact) mass is 437 g/mol. The second-order valence-electron chi connectivity index (χ2n) is 6.62. The summed E-state index contributed by atoms with van der Waals surface area (Å²) >= 11 is 0. The molecule has 162 valence electrons. The number of morpholine rings is 1. The fourth-order valence-electron chi connectivity index (χ4n) is 3.02. The second-order valence-corrected chi connectivity index (χ2v) is 8.39. The van der Waals surface area contributed by atoms with Crippen molar-refractivity contribution in [3.05, 3.63) is 24.0 Å². The third kappa shape index (κ3) is 4.71. The number of hydrogen-bond donors (Lipinski definition) is 1. The predicted octanol–water partition coefficient (Wildman–Crippen LogP) is 0.357. The number of anilines is 1. The molecule has 0 aliphatic carbocycles. The van der Waals surface area contributed by atoms with Gasteiger partial charge in [-0.05, 0) is 12.1 Å². The molecule has 2 aromatic rings. The molecule has 0 amide bonds. The summed E-state index contributed by atoms with van der Waals surface area (Å²) < 4.78 is 49.7. The average Bonchev–Trinajstić information content (AvgIpc) is 3.03. The van der Waals surface area contributed by atoms with E-state index in [-0.39, 0.29) is 23.3 Å². The molecule has 2 aliphatic heterocycles. The Balaban J connectivity index is 1.51. The van der Waals surface area contributed by atoms with Crippen molar-refractivity contribution < 1.29 is 27.4 Å². The van der Waals surface area contributed by atoms with Crippen molar-refractivity contribution in [1.29, 1.82) is 0 Å². The van der Waals surface area contributed by atoms with E-state index in [0.717, 1.165) is 6.42 Å². The van der Waals surface area contributed by atoms with Gasteiger partial charge in [-0.1, -0.05) is 0 Å². The van der Waals surface area contributed by atoms with Crippen molar-refractivity contribution >= 4 is 16.0 Å². The molecule has 11 nitrogen and oxygen atoms in total. The maximum Gasteiger partial charge on any atom is 0.321 e. The molecular formula is C18H23N5O6S. The lowest BCUT2D eigenvalue weighted by molar-refractivity contribution is 0.122. The molecule has 1 saturated heterocycles. The Morgan fingerprint density at radius 1 is 1.07 bits per heavy atom. The van der Waals surface area contributed by atoms with Crippen LogP contribution in [0.5, 0.6) is 17.5 Å². The van der Waals surface area contributed by atoms with Crippen LogP contribution >= 0.6 is 0 Å². The number of sulfonamides is 1. The maximum absolute atomic E-state index is 12.8. The van der Waals surface area contributed by atoms with Crippen LogP contribution in [0, 0.1) is 0 Å². The van der Waals surface area contributed by atoms with Gasteiger partial charge in [0.05, 0.1) is 45.0 Å². The normalized spacial score (nSPS) is 16.8. The summed E-state index contributed by atoms with van der Waals surface area (Å²) in [5.41, 5.74) is 0. The van der Waals surface area contributed by atoms with E-state index in [0.29, 0.717) is 57.0 Å². The summed E-state index contributed by atoms with van der Waals surface area (Å²) in [6.45, 7) is 3.29. The number of nitrogens with one attached hydrogen (secondary N) is 1. The molecule has 0 atom stereocenters. The van der Waals surface area contributed by atoms with Crippen molar-refractivity contribution in [2.45, 2.75) is 17.9 Å². The first-order valence-corrected chi connectivity index (χ1v) is 11.0. The van der Waals surface area contributed by atoms with Crippen LogP contribution in [0.3, 0.4) is 0 Å². The summed E-state index contributed by atoms with van der Waals surface area (Å²) in [7, 11) is -2.37. The van der Waals surface area contributed by atoms with E-state index in [2.05, 4.69) is 19.7 Å². The Kier molecular flexibility index (Phi) is 6.16. The van der Waals surface area contributed by atoms with Gasteiger partial charge >= 0.3 is 6.01 Å². The molecule has 1 N–H and O–H groups in total. The van der Waals surface area contributed by atoms with Gasteiger partial charge in [0.15, 0.2) is 17.3 Å². The predicted molar refractivity (Wildman–Crippen MR) is 105 cm³/mol. The Morgan fingerprint density at radius 3 is 2.60 bits per heavy atom. The number of nitrogens with zero attached hydrogens (tertiary/aromatic N) is 4. The van der Waals surface area contributed by atoms with Crippen LogP contribution in [0.4, 0.5) is 5.95 Å². The summed E-state index contributed by atoms with van der Waals surface area (Å²) in [5, 5.41) is 0. The van der Waals surface area contributed by atoms with E-state index in [1.165, 1.54) is 19.2 Å². The zero-order valence-corrected chi connectivity index (χ0v) is 17.4. The van der Waals surface area contributed by atoms with Gasteiger partial charge < -0.3 is 23.8 Å². The number of methoxy groups -OCH3 is 1. The highest BCUT2D eigenvalue weighted by Crippen LogP contribution is 2.31. The molecule has 0 unspecified atom stereocenters. The molecule has 0 spiro atoms. The highest BCUT2D eigenvalue weighted by atomic mass is 32.2. The summed E-state index contributed by atoms with van der Waals surface area (Å²) in [6, 6.07) is 4.65. The van der Waals surface area contributed by atoms with Crippen LogP contribution in [0.15, 0.2) is 23.1 Å². The van der Waals surface area contributed by atoms with Crippen LogP contribution in [0.2, 0.25) is 0 Å². The number of benzene rings is 1. The van der Waals surface area contributed by atoms with Crippen LogP contribution in [0.25, 0.3) is 0 Å². The lowest BCUT2D eigenvalue weighted by Crippen LogP contribution is -2.37. The van der Waals surface area contributed by atoms with Gasteiger partial charge in [-0.2, -0.15) is 15.0 Å². The van der Waals surface area contributed by atoms with Crippen molar-refractivity contribution in [1.82, 2.24) is 19.7 Å². The molecule has 30 heavy (non-hydrogen) atoms. The average molecular weight is 437 g/mol. The molecule has 0 bridgehead atoms. The molecule has 4 rings (SSSR count). The van der Waals surface area contributed by atoms with E-state index >= 15 is 0 Å². The van der Waals surface area contributed by atoms with Crippen LogP contribution in [-0.4, -0.2) is 70.0 Å². The van der Waals surface area contributed by atoms with Crippen LogP contribution in [0.1, 0.15) is 12.2 Å². The van der Waals surface area contributed by atoms with Gasteiger partial charge in [0, 0.05) is 25.6 Å². The van der Waals surface area contributed by atoms with Gasteiger partial charge in [0.2, 0.25) is 16.0 Å². The third-order valence-corrected chi connectivity index (χ3v) is 5.97. The molecular weight excluding hydrogens is 414 g/mol. The van der Waals surface area contributed by atoms with Crippen LogP contribution < -0.4 is 23.8 Å². The molecule has 2 aliphatic rings. The molecule has 0 radical (unpaired) electrons. The lowest BCUT2D eigenvalue weighted by Gasteiger charge is -2.26. The second kappa shape index (κ2) is 8.98. The number of fused-ring (bicyclic) bond motifs is 1. The number of hydrogen-bond acceptors (Lipinski definition) is 10. The highest BCUT2D eigenvalue weighted by Gasteiger charge is 2.21. The van der Waals surface area contributed by atoms with E-state index in [9.17, 15) is 8.42 Å². The minimum Gasteiger partial charge on any atom is -0.490 e. The molecule has 3 heterocycles. The van der Waals surface area contributed by atoms with Crippen LogP contribution in [-0.2, 0) is 21.3 Å². The van der Waals surface area contributed by atoms with Gasteiger partial charge in [-0.25, -0.2) is 13.1 Å². The highest BCUT2D eigenvalue weighted by molar-refractivity contribution is 7.89.